The van der Waals surface area contributed by atoms with Gasteiger partial charge >= 0.3 is 0 Å². The fourth-order valence-electron chi connectivity index (χ4n) is 1.46. The van der Waals surface area contributed by atoms with Gasteiger partial charge in [0.05, 0.1) is 0 Å². The van der Waals surface area contributed by atoms with Gasteiger partial charge < -0.3 is 5.32 Å². The molecule has 0 radical (unpaired) electrons. The average molecular weight is 370 g/mol. The summed E-state index contributed by atoms with van der Waals surface area (Å²) in [7, 11) is 0. The Kier molecular flexibility index (Phi) is 4.49. The van der Waals surface area contributed by atoms with E-state index in [1.807, 2.05) is 24.3 Å². The topological polar surface area (TPSA) is 42.0 Å². The third-order valence-electron chi connectivity index (χ3n) is 2.39. The summed E-state index contributed by atoms with van der Waals surface area (Å²) in [5.74, 6) is -0.117. The SMILES string of the molecule is O=C(NCc1ccccc1Br)c1ccnc(Br)c1. The number of amides is 1. The number of pyridine rings is 1. The number of hydrogen-bond donors (Lipinski definition) is 1. The molecule has 0 unspecified atom stereocenters. The van der Waals surface area contributed by atoms with Crippen LogP contribution in [0.3, 0.4) is 0 Å². The minimum absolute atomic E-state index is 0.117. The summed E-state index contributed by atoms with van der Waals surface area (Å²) in [6.07, 6.45) is 1.59. The van der Waals surface area contributed by atoms with Gasteiger partial charge in [-0.3, -0.25) is 4.79 Å². The molecule has 1 N–H and O–H groups in total. The van der Waals surface area contributed by atoms with Gasteiger partial charge in [0.15, 0.2) is 0 Å². The third kappa shape index (κ3) is 3.40. The van der Waals surface area contributed by atoms with Crippen LogP contribution >= 0.6 is 31.9 Å². The highest BCUT2D eigenvalue weighted by molar-refractivity contribution is 9.10. The number of carbonyl (C=O) groups is 1. The maximum atomic E-state index is 11.9. The van der Waals surface area contributed by atoms with Crippen LogP contribution in [-0.2, 0) is 6.54 Å². The van der Waals surface area contributed by atoms with Gasteiger partial charge in [-0.2, -0.15) is 0 Å². The van der Waals surface area contributed by atoms with Gasteiger partial charge in [0, 0.05) is 22.8 Å². The van der Waals surface area contributed by atoms with Crippen LogP contribution in [0.15, 0.2) is 51.7 Å². The van der Waals surface area contributed by atoms with E-state index in [4.69, 9.17) is 0 Å². The molecule has 0 aliphatic heterocycles. The van der Waals surface area contributed by atoms with Crippen LogP contribution in [0, 0.1) is 0 Å². The van der Waals surface area contributed by atoms with Gasteiger partial charge in [0.1, 0.15) is 4.60 Å². The van der Waals surface area contributed by atoms with E-state index in [-0.39, 0.29) is 5.91 Å². The van der Waals surface area contributed by atoms with E-state index >= 15 is 0 Å². The summed E-state index contributed by atoms with van der Waals surface area (Å²) in [6.45, 7) is 0.486. The first-order valence-corrected chi connectivity index (χ1v) is 6.88. The first-order valence-electron chi connectivity index (χ1n) is 5.30. The van der Waals surface area contributed by atoms with Crippen LogP contribution < -0.4 is 5.32 Å². The van der Waals surface area contributed by atoms with Crippen molar-refractivity contribution in [1.82, 2.24) is 10.3 Å². The summed E-state index contributed by atoms with van der Waals surface area (Å²) in [4.78, 5) is 15.9. The monoisotopic (exact) mass is 368 g/mol. The molecule has 0 saturated heterocycles. The molecule has 0 atom stereocenters. The second-order valence-corrected chi connectivity index (χ2v) is 5.31. The summed E-state index contributed by atoms with van der Waals surface area (Å²) >= 11 is 6.68. The van der Waals surface area contributed by atoms with Crippen molar-refractivity contribution < 1.29 is 4.79 Å². The second-order valence-electron chi connectivity index (χ2n) is 3.64. The van der Waals surface area contributed by atoms with Crippen molar-refractivity contribution >= 4 is 37.8 Å². The Labute approximate surface area is 122 Å². The van der Waals surface area contributed by atoms with E-state index < -0.39 is 0 Å². The van der Waals surface area contributed by atoms with Gasteiger partial charge in [0.25, 0.3) is 5.91 Å². The fraction of sp³-hybridized carbons (Fsp3) is 0.0769. The van der Waals surface area contributed by atoms with E-state index in [0.717, 1.165) is 10.0 Å². The average Bonchev–Trinajstić information content (AvgIpc) is 2.37. The van der Waals surface area contributed by atoms with Gasteiger partial charge in [-0.25, -0.2) is 4.98 Å². The molecule has 0 fully saturated rings. The van der Waals surface area contributed by atoms with Gasteiger partial charge in [-0.15, -0.1) is 0 Å². The molecular formula is C13H10Br2N2O. The van der Waals surface area contributed by atoms with Crippen molar-refractivity contribution in [1.29, 1.82) is 0 Å². The van der Waals surface area contributed by atoms with Crippen molar-refractivity contribution in [3.05, 3.63) is 62.8 Å². The van der Waals surface area contributed by atoms with E-state index in [1.54, 1.807) is 18.3 Å². The molecule has 2 rings (SSSR count). The number of nitrogens with one attached hydrogen (secondary N) is 1. The zero-order valence-electron chi connectivity index (χ0n) is 9.36. The number of benzene rings is 1. The lowest BCUT2D eigenvalue weighted by Crippen LogP contribution is -2.23. The van der Waals surface area contributed by atoms with Crippen molar-refractivity contribution in [3.63, 3.8) is 0 Å². The highest BCUT2D eigenvalue weighted by Gasteiger charge is 2.06. The fourth-order valence-corrected chi connectivity index (χ4v) is 2.25. The normalized spacial score (nSPS) is 10.1. The first kappa shape index (κ1) is 13.2. The van der Waals surface area contributed by atoms with Crippen molar-refractivity contribution in [3.8, 4) is 0 Å². The van der Waals surface area contributed by atoms with E-state index in [9.17, 15) is 4.79 Å². The highest BCUT2D eigenvalue weighted by Crippen LogP contribution is 2.15. The number of aromatic nitrogens is 1. The summed E-state index contributed by atoms with van der Waals surface area (Å²) < 4.78 is 1.64. The zero-order chi connectivity index (χ0) is 13.0. The van der Waals surface area contributed by atoms with Gasteiger partial charge in [-0.05, 0) is 39.7 Å². The van der Waals surface area contributed by atoms with E-state index in [1.165, 1.54) is 0 Å². The number of rotatable bonds is 3. The number of carbonyl (C=O) groups excluding carboxylic acids is 1. The lowest BCUT2D eigenvalue weighted by molar-refractivity contribution is 0.0950. The van der Waals surface area contributed by atoms with Crippen LogP contribution in [0.4, 0.5) is 0 Å². The molecule has 0 saturated carbocycles. The molecule has 1 heterocycles. The van der Waals surface area contributed by atoms with Crippen LogP contribution in [0.1, 0.15) is 15.9 Å². The van der Waals surface area contributed by atoms with E-state index in [0.29, 0.717) is 16.7 Å². The van der Waals surface area contributed by atoms with Crippen LogP contribution in [0.5, 0.6) is 0 Å². The first-order chi connectivity index (χ1) is 8.66. The standard InChI is InChI=1S/C13H10Br2N2O/c14-11-4-2-1-3-10(11)8-17-13(18)9-5-6-16-12(15)7-9/h1-7H,8H2,(H,17,18). The minimum atomic E-state index is -0.117. The number of halogens is 2. The lowest BCUT2D eigenvalue weighted by atomic mass is 10.2. The molecule has 0 aliphatic carbocycles. The molecule has 1 amide bonds. The molecule has 3 nitrogen and oxygen atoms in total. The van der Waals surface area contributed by atoms with Gasteiger partial charge in [0.2, 0.25) is 0 Å². The van der Waals surface area contributed by atoms with Crippen LogP contribution in [0.25, 0.3) is 0 Å². The quantitative estimate of drug-likeness (QED) is 0.841. The van der Waals surface area contributed by atoms with Crippen molar-refractivity contribution in [2.45, 2.75) is 6.54 Å². The maximum Gasteiger partial charge on any atom is 0.251 e. The number of hydrogen-bond acceptors (Lipinski definition) is 2. The predicted molar refractivity (Wildman–Crippen MR) is 77.2 cm³/mol. The Hall–Kier alpha value is -1.20. The van der Waals surface area contributed by atoms with Crippen LogP contribution in [0.2, 0.25) is 0 Å². The Bertz CT molecular complexity index is 572. The van der Waals surface area contributed by atoms with Gasteiger partial charge in [-0.1, -0.05) is 34.1 Å². The minimum Gasteiger partial charge on any atom is -0.348 e. The molecule has 0 bridgehead atoms. The smallest absolute Gasteiger partial charge is 0.251 e. The predicted octanol–water partition coefficient (Wildman–Crippen LogP) is 3.54. The molecular weight excluding hydrogens is 360 g/mol. The molecule has 1 aromatic heterocycles. The lowest BCUT2D eigenvalue weighted by Gasteiger charge is -2.07. The largest absolute Gasteiger partial charge is 0.348 e. The Morgan fingerprint density at radius 3 is 2.72 bits per heavy atom. The molecule has 0 aliphatic rings. The highest BCUT2D eigenvalue weighted by atomic mass is 79.9. The molecule has 5 heteroatoms. The van der Waals surface area contributed by atoms with Crippen molar-refractivity contribution in [2.24, 2.45) is 0 Å². The third-order valence-corrected chi connectivity index (χ3v) is 3.59. The molecule has 0 spiro atoms. The summed E-state index contributed by atoms with van der Waals surface area (Å²) in [5.41, 5.74) is 1.63. The zero-order valence-corrected chi connectivity index (χ0v) is 12.5. The Balaban J connectivity index is 2.03. The van der Waals surface area contributed by atoms with E-state index in [2.05, 4.69) is 42.2 Å². The Morgan fingerprint density at radius 1 is 1.22 bits per heavy atom. The number of nitrogens with zero attached hydrogens (tertiary/aromatic N) is 1. The molecule has 92 valence electrons. The Morgan fingerprint density at radius 2 is 2.00 bits per heavy atom. The molecule has 2 aromatic rings. The summed E-state index contributed by atoms with van der Waals surface area (Å²) in [5, 5.41) is 2.87. The second kappa shape index (κ2) is 6.11. The summed E-state index contributed by atoms with van der Waals surface area (Å²) in [6, 6.07) is 11.2. The maximum absolute atomic E-state index is 11.9. The molecule has 18 heavy (non-hydrogen) atoms. The molecule has 1 aromatic carbocycles. The van der Waals surface area contributed by atoms with Crippen molar-refractivity contribution in [2.75, 3.05) is 0 Å². The van der Waals surface area contributed by atoms with Crippen LogP contribution in [-0.4, -0.2) is 10.9 Å².